The maximum absolute atomic E-state index is 2.36. The van der Waals surface area contributed by atoms with Gasteiger partial charge in [0, 0.05) is 0 Å². The molecule has 0 unspecified atom stereocenters. The highest BCUT2D eigenvalue weighted by Gasteiger charge is 2.13. The average Bonchev–Trinajstić information content (AvgIpc) is 2.00. The summed E-state index contributed by atoms with van der Waals surface area (Å²) in [6, 6.07) is 0. The van der Waals surface area contributed by atoms with Crippen LogP contribution in [-0.2, 0) is 0 Å². The fourth-order valence-electron chi connectivity index (χ4n) is 1.63. The first-order valence-electron chi connectivity index (χ1n) is 5.80. The third kappa shape index (κ3) is 8.29. The number of hydrogen-bond donors (Lipinski definition) is 0. The van der Waals surface area contributed by atoms with E-state index in [4.69, 9.17) is 0 Å². The summed E-state index contributed by atoms with van der Waals surface area (Å²) >= 11 is 0. The minimum absolute atomic E-state index is 0.867. The quantitative estimate of drug-likeness (QED) is 0.535. The molecule has 0 amide bonds. The molecule has 0 aromatic heterocycles. The van der Waals surface area contributed by atoms with E-state index in [1.165, 1.54) is 43.3 Å². The van der Waals surface area contributed by atoms with Gasteiger partial charge in [-0.15, -0.1) is 0 Å². The number of hydrogen-bond acceptors (Lipinski definition) is 0. The molecule has 0 saturated carbocycles. The molecule has 1 heteroatoms. The maximum Gasteiger partial charge on any atom is 0.0782 e. The van der Waals surface area contributed by atoms with Crippen molar-refractivity contribution in [1.82, 2.24) is 0 Å². The molecule has 0 heterocycles. The van der Waals surface area contributed by atoms with Gasteiger partial charge in [0.15, 0.2) is 0 Å². The molecule has 0 fully saturated rings. The zero-order valence-electron chi connectivity index (χ0n) is 10.3. The molecule has 0 saturated heterocycles. The standard InChI is InChI=1S/C12H28N/c1-6-7-10-13(4,5)11-8-9-12(2)3/h12H,6-11H2,1-5H3/q+1. The lowest BCUT2D eigenvalue weighted by Gasteiger charge is -2.30. The molecule has 0 bridgehead atoms. The smallest absolute Gasteiger partial charge is 0.0782 e. The molecule has 0 rings (SSSR count). The van der Waals surface area contributed by atoms with Crippen LogP contribution in [0.25, 0.3) is 0 Å². The Balaban J connectivity index is 3.50. The molecule has 0 atom stereocenters. The van der Waals surface area contributed by atoms with Gasteiger partial charge in [-0.2, -0.15) is 0 Å². The van der Waals surface area contributed by atoms with E-state index >= 15 is 0 Å². The van der Waals surface area contributed by atoms with Crippen LogP contribution in [0.2, 0.25) is 0 Å². The number of rotatable bonds is 7. The molecule has 0 aliphatic carbocycles. The molecule has 0 aliphatic heterocycles. The van der Waals surface area contributed by atoms with Crippen molar-refractivity contribution in [2.24, 2.45) is 5.92 Å². The van der Waals surface area contributed by atoms with Crippen molar-refractivity contribution in [3.05, 3.63) is 0 Å². The molecular weight excluding hydrogens is 158 g/mol. The summed E-state index contributed by atoms with van der Waals surface area (Å²) in [5, 5.41) is 0. The van der Waals surface area contributed by atoms with Gasteiger partial charge in [-0.05, 0) is 25.2 Å². The number of quaternary nitrogens is 1. The second-order valence-corrected chi connectivity index (χ2v) is 5.27. The maximum atomic E-state index is 2.36. The minimum atomic E-state index is 0.867. The van der Waals surface area contributed by atoms with Gasteiger partial charge in [0.2, 0.25) is 0 Å². The summed E-state index contributed by atoms with van der Waals surface area (Å²) in [6.07, 6.45) is 5.46. The Labute approximate surface area is 84.7 Å². The molecule has 0 aromatic carbocycles. The highest BCUT2D eigenvalue weighted by molar-refractivity contribution is 4.45. The van der Waals surface area contributed by atoms with E-state index in [1.807, 2.05) is 0 Å². The predicted molar refractivity (Wildman–Crippen MR) is 60.8 cm³/mol. The van der Waals surface area contributed by atoms with Crippen LogP contribution < -0.4 is 0 Å². The molecular formula is C12H28N+. The zero-order valence-corrected chi connectivity index (χ0v) is 10.3. The zero-order chi connectivity index (χ0) is 10.3. The van der Waals surface area contributed by atoms with Gasteiger partial charge in [-0.25, -0.2) is 0 Å². The Morgan fingerprint density at radius 1 is 1.00 bits per heavy atom. The van der Waals surface area contributed by atoms with E-state index in [-0.39, 0.29) is 0 Å². The SMILES string of the molecule is CCCC[N+](C)(C)CCCC(C)C. The third-order valence-corrected chi connectivity index (χ3v) is 2.66. The van der Waals surface area contributed by atoms with Gasteiger partial charge in [-0.1, -0.05) is 27.2 Å². The third-order valence-electron chi connectivity index (χ3n) is 2.66. The van der Waals surface area contributed by atoms with Gasteiger partial charge in [0.05, 0.1) is 27.2 Å². The van der Waals surface area contributed by atoms with Crippen LogP contribution >= 0.6 is 0 Å². The Bertz CT molecular complexity index is 116. The van der Waals surface area contributed by atoms with Crippen LogP contribution in [-0.4, -0.2) is 31.7 Å². The molecule has 0 aromatic rings. The van der Waals surface area contributed by atoms with Crippen molar-refractivity contribution in [1.29, 1.82) is 0 Å². The van der Waals surface area contributed by atoms with Crippen LogP contribution in [0, 0.1) is 5.92 Å². The van der Waals surface area contributed by atoms with Crippen LogP contribution in [0.3, 0.4) is 0 Å². The molecule has 0 radical (unpaired) electrons. The summed E-state index contributed by atoms with van der Waals surface area (Å²) in [7, 11) is 4.71. The first-order chi connectivity index (χ1) is 5.98. The topological polar surface area (TPSA) is 0 Å². The van der Waals surface area contributed by atoms with Gasteiger partial charge < -0.3 is 4.48 Å². The van der Waals surface area contributed by atoms with Crippen molar-refractivity contribution in [2.75, 3.05) is 27.2 Å². The number of unbranched alkanes of at least 4 members (excludes halogenated alkanes) is 1. The summed E-state index contributed by atoms with van der Waals surface area (Å²) < 4.78 is 1.21. The van der Waals surface area contributed by atoms with E-state index in [0.29, 0.717) is 0 Å². The van der Waals surface area contributed by atoms with Gasteiger partial charge in [0.25, 0.3) is 0 Å². The van der Waals surface area contributed by atoms with E-state index in [9.17, 15) is 0 Å². The highest BCUT2D eigenvalue weighted by Crippen LogP contribution is 2.08. The molecule has 0 aliphatic rings. The lowest BCUT2D eigenvalue weighted by molar-refractivity contribution is -0.890. The molecule has 0 N–H and O–H groups in total. The monoisotopic (exact) mass is 186 g/mol. The Morgan fingerprint density at radius 3 is 2.00 bits per heavy atom. The van der Waals surface area contributed by atoms with Crippen LogP contribution in [0.1, 0.15) is 46.5 Å². The summed E-state index contributed by atoms with van der Waals surface area (Å²) in [4.78, 5) is 0. The van der Waals surface area contributed by atoms with Crippen molar-refractivity contribution in [3.63, 3.8) is 0 Å². The van der Waals surface area contributed by atoms with Crippen molar-refractivity contribution in [2.45, 2.75) is 46.5 Å². The van der Waals surface area contributed by atoms with E-state index in [0.717, 1.165) is 5.92 Å². The fourth-order valence-corrected chi connectivity index (χ4v) is 1.63. The lowest BCUT2D eigenvalue weighted by atomic mass is 10.1. The second kappa shape index (κ2) is 6.42. The van der Waals surface area contributed by atoms with Crippen molar-refractivity contribution in [3.8, 4) is 0 Å². The molecule has 80 valence electrons. The van der Waals surface area contributed by atoms with Crippen LogP contribution in [0.15, 0.2) is 0 Å². The molecule has 1 nitrogen and oxygen atoms in total. The van der Waals surface area contributed by atoms with E-state index in [1.54, 1.807) is 0 Å². The lowest BCUT2D eigenvalue weighted by Crippen LogP contribution is -2.41. The van der Waals surface area contributed by atoms with Gasteiger partial charge in [0.1, 0.15) is 0 Å². The Morgan fingerprint density at radius 2 is 1.54 bits per heavy atom. The molecule has 0 spiro atoms. The first-order valence-corrected chi connectivity index (χ1v) is 5.80. The van der Waals surface area contributed by atoms with E-state index < -0.39 is 0 Å². The summed E-state index contributed by atoms with van der Waals surface area (Å²) in [5.41, 5.74) is 0. The second-order valence-electron chi connectivity index (χ2n) is 5.27. The van der Waals surface area contributed by atoms with E-state index in [2.05, 4.69) is 34.9 Å². The highest BCUT2D eigenvalue weighted by atomic mass is 15.3. The average molecular weight is 186 g/mol. The Kier molecular flexibility index (Phi) is 6.40. The largest absolute Gasteiger partial charge is 0.328 e. The van der Waals surface area contributed by atoms with Gasteiger partial charge >= 0.3 is 0 Å². The minimum Gasteiger partial charge on any atom is -0.328 e. The van der Waals surface area contributed by atoms with Crippen LogP contribution in [0.4, 0.5) is 0 Å². The number of nitrogens with zero attached hydrogens (tertiary/aromatic N) is 1. The summed E-state index contributed by atoms with van der Waals surface area (Å²) in [5.74, 6) is 0.867. The normalized spacial score (nSPS) is 12.5. The van der Waals surface area contributed by atoms with Gasteiger partial charge in [-0.3, -0.25) is 0 Å². The predicted octanol–water partition coefficient (Wildman–Crippen LogP) is 3.30. The first kappa shape index (κ1) is 13.0. The fraction of sp³-hybridized carbons (Fsp3) is 1.00. The van der Waals surface area contributed by atoms with Crippen LogP contribution in [0.5, 0.6) is 0 Å². The van der Waals surface area contributed by atoms with Crippen molar-refractivity contribution < 1.29 is 4.48 Å². The Hall–Kier alpha value is -0.0400. The molecule has 13 heavy (non-hydrogen) atoms. The summed E-state index contributed by atoms with van der Waals surface area (Å²) in [6.45, 7) is 9.58. The van der Waals surface area contributed by atoms with Crippen molar-refractivity contribution >= 4 is 0 Å².